The van der Waals surface area contributed by atoms with E-state index in [1.807, 2.05) is 35.9 Å². The van der Waals surface area contributed by atoms with Crippen LogP contribution in [0, 0.1) is 12.8 Å². The van der Waals surface area contributed by atoms with Gasteiger partial charge in [0.1, 0.15) is 39.8 Å². The number of phenols is 2. The number of aromatic hydroxyl groups is 2. The minimum Gasteiger partial charge on any atom is -0.507 e. The molecule has 0 saturated heterocycles. The molecule has 1 aromatic heterocycles. The lowest BCUT2D eigenvalue weighted by atomic mass is 9.70. The fraction of sp³-hybridized carbons (Fsp3) is 0.355. The zero-order valence-corrected chi connectivity index (χ0v) is 23.7. The van der Waals surface area contributed by atoms with Gasteiger partial charge in [-0.05, 0) is 52.2 Å². The largest absolute Gasteiger partial charge is 0.507 e. The van der Waals surface area contributed by atoms with Gasteiger partial charge >= 0.3 is 0 Å². The van der Waals surface area contributed by atoms with E-state index in [1.165, 1.54) is 19.9 Å². The maximum absolute atomic E-state index is 14.2. The van der Waals surface area contributed by atoms with Crippen molar-refractivity contribution in [2.24, 2.45) is 13.0 Å². The summed E-state index contributed by atoms with van der Waals surface area (Å²) in [5.41, 5.74) is 0.541. The van der Waals surface area contributed by atoms with E-state index >= 15 is 0 Å². The Kier molecular flexibility index (Phi) is 6.36. The summed E-state index contributed by atoms with van der Waals surface area (Å²) in [6, 6.07) is 7.51. The maximum atomic E-state index is 14.2. The average Bonchev–Trinajstić information content (AvgIpc) is 3.37. The highest BCUT2D eigenvalue weighted by Gasteiger charge is 2.56. The maximum Gasteiger partial charge on any atom is 0.194 e. The quantitative estimate of drug-likeness (QED) is 0.229. The number of aryl methyl sites for hydroxylation is 1. The first kappa shape index (κ1) is 27.2. The molecule has 0 radical (unpaired) electrons. The van der Waals surface area contributed by atoms with Crippen LogP contribution in [0.1, 0.15) is 74.4 Å². The molecule has 2 atom stereocenters. The summed E-state index contributed by atoms with van der Waals surface area (Å²) < 4.78 is 7.88. The van der Waals surface area contributed by atoms with Crippen molar-refractivity contribution in [1.82, 2.24) is 14.9 Å². The number of nitrogens with zero attached hydrogens (tertiary/aromatic N) is 2. The Labute approximate surface area is 232 Å². The van der Waals surface area contributed by atoms with Gasteiger partial charge < -0.3 is 24.8 Å². The Morgan fingerprint density at radius 3 is 2.45 bits per heavy atom. The molecule has 9 nitrogen and oxygen atoms in total. The third kappa shape index (κ3) is 3.83. The Balaban J connectivity index is 1.63. The molecule has 1 aliphatic carbocycles. The molecule has 0 saturated carbocycles. The Morgan fingerprint density at radius 2 is 1.82 bits per heavy atom. The van der Waals surface area contributed by atoms with Gasteiger partial charge in [-0.2, -0.15) is 0 Å². The number of hydrogen-bond donors (Lipinski definition) is 3. The Hall–Kier alpha value is -4.40. The van der Waals surface area contributed by atoms with Crippen molar-refractivity contribution in [3.8, 4) is 17.2 Å². The first-order valence-corrected chi connectivity index (χ1v) is 13.3. The second-order valence-corrected chi connectivity index (χ2v) is 11.2. The second-order valence-electron chi connectivity index (χ2n) is 11.2. The number of carbonyl (C=O) groups is 3. The minimum atomic E-state index is -1.57. The summed E-state index contributed by atoms with van der Waals surface area (Å²) in [5.74, 6) is -1.42. The number of allylic oxidation sites excluding steroid dienone is 4. The van der Waals surface area contributed by atoms with Gasteiger partial charge in [-0.3, -0.25) is 14.4 Å². The molecule has 2 heterocycles. The highest BCUT2D eigenvalue weighted by molar-refractivity contribution is 6.31. The van der Waals surface area contributed by atoms with Gasteiger partial charge in [0.2, 0.25) is 0 Å². The number of rotatable bonds is 6. The Bertz CT molecular complexity index is 1690. The van der Waals surface area contributed by atoms with Gasteiger partial charge in [0, 0.05) is 24.4 Å². The van der Waals surface area contributed by atoms with Crippen LogP contribution in [0.4, 0.5) is 0 Å². The van der Waals surface area contributed by atoms with Crippen molar-refractivity contribution >= 4 is 28.4 Å². The topological polar surface area (TPSA) is 131 Å². The highest BCUT2D eigenvalue weighted by Crippen LogP contribution is 2.57. The van der Waals surface area contributed by atoms with E-state index in [1.54, 1.807) is 13.8 Å². The number of carbonyl (C=O) groups excluding carboxylic acids is 3. The van der Waals surface area contributed by atoms with E-state index in [9.17, 15) is 24.6 Å². The third-order valence-corrected chi connectivity index (χ3v) is 7.99. The van der Waals surface area contributed by atoms with E-state index in [0.717, 1.165) is 16.9 Å². The van der Waals surface area contributed by atoms with Crippen LogP contribution >= 0.6 is 0 Å². The summed E-state index contributed by atoms with van der Waals surface area (Å²) in [6.45, 7) is 10.1. The number of imidazole rings is 1. The highest BCUT2D eigenvalue weighted by atomic mass is 16.5. The molecule has 0 amide bonds. The van der Waals surface area contributed by atoms with Crippen LogP contribution in [0.15, 0.2) is 47.4 Å². The van der Waals surface area contributed by atoms with E-state index < -0.39 is 28.5 Å². The summed E-state index contributed by atoms with van der Waals surface area (Å²) in [6.07, 6.45) is 1.92. The molecule has 0 fully saturated rings. The van der Waals surface area contributed by atoms with Crippen LogP contribution < -0.4 is 10.1 Å². The number of hydrogen-bond acceptors (Lipinski definition) is 8. The van der Waals surface area contributed by atoms with E-state index in [2.05, 4.69) is 19.2 Å². The van der Waals surface area contributed by atoms with Gasteiger partial charge in [0.05, 0.1) is 28.2 Å². The van der Waals surface area contributed by atoms with Crippen LogP contribution in [-0.2, 0) is 22.1 Å². The summed E-state index contributed by atoms with van der Waals surface area (Å²) in [4.78, 5) is 44.9. The van der Waals surface area contributed by atoms with Crippen molar-refractivity contribution < 1.29 is 29.3 Å². The molecule has 9 heteroatoms. The smallest absolute Gasteiger partial charge is 0.194 e. The SMILES string of the molecule is CC(=O)c1c(O)c(C)c(O)c2c1OC1=CC(=O)/C(=C(/C)N[C@@H](CC(C)C)c3nc4ccccc4n3C)C(=O)[C@@]12C. The van der Waals surface area contributed by atoms with Gasteiger partial charge in [-0.1, -0.05) is 26.0 Å². The number of ketones is 3. The fourth-order valence-electron chi connectivity index (χ4n) is 5.87. The molecule has 1 aliphatic heterocycles. The van der Waals surface area contributed by atoms with Crippen LogP contribution in [0.25, 0.3) is 11.0 Å². The number of phenolic OH excluding ortho intramolecular Hbond substituents is 2. The van der Waals surface area contributed by atoms with Gasteiger partial charge in [-0.25, -0.2) is 4.98 Å². The lowest BCUT2D eigenvalue weighted by Gasteiger charge is -2.30. The molecule has 3 N–H and O–H groups in total. The molecule has 2 aliphatic rings. The molecule has 3 aromatic rings. The van der Waals surface area contributed by atoms with Crippen LogP contribution in [-0.4, -0.2) is 37.1 Å². The average molecular weight is 544 g/mol. The molecule has 5 rings (SSSR count). The molecule has 0 spiro atoms. The van der Waals surface area contributed by atoms with Crippen molar-refractivity contribution in [2.75, 3.05) is 0 Å². The second kappa shape index (κ2) is 9.36. The minimum absolute atomic E-state index is 0.00549. The fourth-order valence-corrected chi connectivity index (χ4v) is 5.87. The van der Waals surface area contributed by atoms with Crippen molar-refractivity contribution in [3.05, 3.63) is 69.9 Å². The summed E-state index contributed by atoms with van der Waals surface area (Å²) in [7, 11) is 1.94. The van der Waals surface area contributed by atoms with Gasteiger partial charge in [-0.15, -0.1) is 0 Å². The third-order valence-electron chi connectivity index (χ3n) is 7.99. The van der Waals surface area contributed by atoms with Crippen LogP contribution in [0.5, 0.6) is 17.2 Å². The Morgan fingerprint density at radius 1 is 1.15 bits per heavy atom. The number of nitrogens with one attached hydrogen (secondary N) is 1. The monoisotopic (exact) mass is 543 g/mol. The normalized spacial score (nSPS) is 20.2. The van der Waals surface area contributed by atoms with E-state index in [0.29, 0.717) is 12.1 Å². The van der Waals surface area contributed by atoms with Crippen LogP contribution in [0.3, 0.4) is 0 Å². The molecule has 0 bridgehead atoms. The molecule has 0 unspecified atom stereocenters. The first-order chi connectivity index (χ1) is 18.8. The lowest BCUT2D eigenvalue weighted by molar-refractivity contribution is -0.123. The molecular formula is C31H33N3O6. The zero-order valence-electron chi connectivity index (χ0n) is 23.7. The molecule has 208 valence electrons. The van der Waals surface area contributed by atoms with Crippen molar-refractivity contribution in [3.63, 3.8) is 0 Å². The predicted octanol–water partition coefficient (Wildman–Crippen LogP) is 4.83. The summed E-state index contributed by atoms with van der Waals surface area (Å²) >= 11 is 0. The number of para-hydroxylation sites is 2. The summed E-state index contributed by atoms with van der Waals surface area (Å²) in [5, 5.41) is 25.0. The number of ether oxygens (including phenoxy) is 1. The predicted molar refractivity (Wildman–Crippen MR) is 149 cm³/mol. The number of benzene rings is 2. The lowest BCUT2D eigenvalue weighted by Crippen LogP contribution is -2.41. The van der Waals surface area contributed by atoms with Crippen molar-refractivity contribution in [1.29, 1.82) is 0 Å². The standard InChI is InChI=1S/C31H33N3O6/c1-14(2)12-19(30-33-18-10-8-9-11-20(18)34(30)7)32-16(4)23-21(36)13-22-31(6,29(23)39)25-27(38)15(3)26(37)24(17(5)35)28(25)40-22/h8-11,13-14,19,32,37-38H,12H2,1-7H3/b23-16+/t19-,31-/m0/s1. The van der Waals surface area contributed by atoms with E-state index in [4.69, 9.17) is 9.72 Å². The van der Waals surface area contributed by atoms with Crippen molar-refractivity contribution in [2.45, 2.75) is 59.4 Å². The van der Waals surface area contributed by atoms with Gasteiger partial charge in [0.25, 0.3) is 0 Å². The molecule has 2 aromatic carbocycles. The van der Waals surface area contributed by atoms with Gasteiger partial charge in [0.15, 0.2) is 17.3 Å². The first-order valence-electron chi connectivity index (χ1n) is 13.3. The van der Waals surface area contributed by atoms with E-state index in [-0.39, 0.29) is 51.5 Å². The zero-order chi connectivity index (χ0) is 29.3. The number of aromatic nitrogens is 2. The molecule has 40 heavy (non-hydrogen) atoms. The van der Waals surface area contributed by atoms with Crippen LogP contribution in [0.2, 0.25) is 0 Å². The number of Topliss-reactive ketones (excluding diaryl/α,β-unsaturated/α-hetero) is 2. The number of fused-ring (bicyclic) bond motifs is 4. The molecular weight excluding hydrogens is 510 g/mol.